The Balaban J connectivity index is 1.90. The van der Waals surface area contributed by atoms with Gasteiger partial charge in [0.05, 0.1) is 18.7 Å². The molecule has 1 saturated heterocycles. The Morgan fingerprint density at radius 1 is 1.39 bits per heavy atom. The molecule has 0 spiro atoms. The van der Waals surface area contributed by atoms with Gasteiger partial charge < -0.3 is 20.1 Å². The highest BCUT2D eigenvalue weighted by atomic mass is 35.5. The minimum Gasteiger partial charge on any atom is -0.444 e. The van der Waals surface area contributed by atoms with Gasteiger partial charge in [0.25, 0.3) is 0 Å². The smallest absolute Gasteiger partial charge is 0.410 e. The number of likely N-dealkylation sites (tertiary alicyclic amines) is 1. The van der Waals surface area contributed by atoms with Crippen molar-refractivity contribution in [2.24, 2.45) is 0 Å². The predicted molar refractivity (Wildman–Crippen MR) is 90.9 cm³/mol. The summed E-state index contributed by atoms with van der Waals surface area (Å²) < 4.78 is 5.33. The van der Waals surface area contributed by atoms with Crippen molar-refractivity contribution in [3.05, 3.63) is 33.8 Å². The fourth-order valence-electron chi connectivity index (χ4n) is 2.37. The van der Waals surface area contributed by atoms with E-state index in [1.807, 2.05) is 26.8 Å². The van der Waals surface area contributed by atoms with Crippen LogP contribution in [-0.4, -0.2) is 46.9 Å². The maximum Gasteiger partial charge on any atom is 0.410 e. The quantitative estimate of drug-likeness (QED) is 0.869. The van der Waals surface area contributed by atoms with E-state index in [0.29, 0.717) is 23.1 Å². The maximum atomic E-state index is 12.0. The van der Waals surface area contributed by atoms with Crippen molar-refractivity contribution >= 4 is 29.3 Å². The number of carbonyl (C=O) groups excluding carboxylic acids is 1. The van der Waals surface area contributed by atoms with E-state index in [1.165, 1.54) is 4.90 Å². The molecule has 2 rings (SSSR count). The molecular weight excluding hydrogens is 339 g/mol. The Morgan fingerprint density at radius 2 is 2.09 bits per heavy atom. The molecule has 1 aliphatic heterocycles. The maximum absolute atomic E-state index is 12.0. The SMILES string of the molecule is CC(C)(C)OC(=O)N1CC(O)C(NCc2ccc(Cl)cc2Cl)C1. The third-order valence-corrected chi connectivity index (χ3v) is 4.10. The number of aliphatic hydroxyl groups excluding tert-OH is 1. The van der Waals surface area contributed by atoms with Gasteiger partial charge in [-0.15, -0.1) is 0 Å². The van der Waals surface area contributed by atoms with Crippen LogP contribution in [0.2, 0.25) is 10.0 Å². The van der Waals surface area contributed by atoms with Gasteiger partial charge in [0.2, 0.25) is 0 Å². The first kappa shape index (κ1) is 18.3. The molecule has 0 radical (unpaired) electrons. The molecule has 23 heavy (non-hydrogen) atoms. The van der Waals surface area contributed by atoms with E-state index in [1.54, 1.807) is 12.1 Å². The number of rotatable bonds is 3. The highest BCUT2D eigenvalue weighted by Crippen LogP contribution is 2.22. The number of halogens is 2. The van der Waals surface area contributed by atoms with Gasteiger partial charge in [-0.2, -0.15) is 0 Å². The van der Waals surface area contributed by atoms with E-state index in [9.17, 15) is 9.90 Å². The summed E-state index contributed by atoms with van der Waals surface area (Å²) in [4.78, 5) is 13.6. The fourth-order valence-corrected chi connectivity index (χ4v) is 2.84. The number of carbonyl (C=O) groups is 1. The second kappa shape index (κ2) is 7.26. The standard InChI is InChI=1S/C16H22Cl2N2O3/c1-16(2,3)23-15(22)20-8-13(14(21)9-20)19-7-10-4-5-11(17)6-12(10)18/h4-6,13-14,19,21H,7-9H2,1-3H3. The Morgan fingerprint density at radius 3 is 2.70 bits per heavy atom. The van der Waals surface area contributed by atoms with E-state index in [4.69, 9.17) is 27.9 Å². The molecule has 1 aromatic carbocycles. The molecule has 1 fully saturated rings. The molecule has 0 bridgehead atoms. The van der Waals surface area contributed by atoms with E-state index < -0.39 is 17.8 Å². The van der Waals surface area contributed by atoms with E-state index >= 15 is 0 Å². The van der Waals surface area contributed by atoms with Crippen LogP contribution >= 0.6 is 23.2 Å². The molecule has 0 aromatic heterocycles. The van der Waals surface area contributed by atoms with Gasteiger partial charge in [0.15, 0.2) is 0 Å². The number of nitrogens with one attached hydrogen (secondary N) is 1. The minimum absolute atomic E-state index is 0.228. The van der Waals surface area contributed by atoms with Gasteiger partial charge in [-0.05, 0) is 38.5 Å². The fraction of sp³-hybridized carbons (Fsp3) is 0.562. The average molecular weight is 361 g/mol. The molecule has 1 amide bonds. The van der Waals surface area contributed by atoms with Gasteiger partial charge in [-0.3, -0.25) is 0 Å². The number of nitrogens with zero attached hydrogens (tertiary/aromatic N) is 1. The van der Waals surface area contributed by atoms with Crippen LogP contribution in [0.25, 0.3) is 0 Å². The number of hydrogen-bond donors (Lipinski definition) is 2. The summed E-state index contributed by atoms with van der Waals surface area (Å²) in [6.07, 6.45) is -1.06. The molecule has 1 aromatic rings. The van der Waals surface area contributed by atoms with Crippen LogP contribution in [-0.2, 0) is 11.3 Å². The van der Waals surface area contributed by atoms with Crippen molar-refractivity contribution in [3.8, 4) is 0 Å². The van der Waals surface area contributed by atoms with Crippen molar-refractivity contribution in [1.82, 2.24) is 10.2 Å². The summed E-state index contributed by atoms with van der Waals surface area (Å²) in [5.41, 5.74) is 0.337. The summed E-state index contributed by atoms with van der Waals surface area (Å²) in [5, 5.41) is 14.5. The van der Waals surface area contributed by atoms with Crippen LogP contribution in [0.5, 0.6) is 0 Å². The largest absolute Gasteiger partial charge is 0.444 e. The van der Waals surface area contributed by atoms with Crippen molar-refractivity contribution in [3.63, 3.8) is 0 Å². The Kier molecular flexibility index (Phi) is 5.79. The number of aliphatic hydroxyl groups is 1. The highest BCUT2D eigenvalue weighted by Gasteiger charge is 2.35. The summed E-state index contributed by atoms with van der Waals surface area (Å²) in [5.74, 6) is 0. The number of ether oxygens (including phenoxy) is 1. The first-order valence-corrected chi connectivity index (χ1v) is 8.24. The monoisotopic (exact) mass is 360 g/mol. The van der Waals surface area contributed by atoms with Gasteiger partial charge in [0, 0.05) is 23.1 Å². The van der Waals surface area contributed by atoms with E-state index in [0.717, 1.165) is 5.56 Å². The van der Waals surface area contributed by atoms with Crippen molar-refractivity contribution in [1.29, 1.82) is 0 Å². The van der Waals surface area contributed by atoms with Crippen LogP contribution in [0.3, 0.4) is 0 Å². The molecule has 7 heteroatoms. The van der Waals surface area contributed by atoms with Crippen molar-refractivity contribution < 1.29 is 14.6 Å². The second-order valence-corrected chi connectivity index (χ2v) is 7.52. The lowest BCUT2D eigenvalue weighted by atomic mass is 10.2. The average Bonchev–Trinajstić information content (AvgIpc) is 2.77. The Labute approximate surface area is 146 Å². The van der Waals surface area contributed by atoms with Crippen LogP contribution < -0.4 is 5.32 Å². The molecule has 128 valence electrons. The lowest BCUT2D eigenvalue weighted by Gasteiger charge is -2.24. The molecule has 1 heterocycles. The molecule has 2 N–H and O–H groups in total. The van der Waals surface area contributed by atoms with Crippen molar-refractivity contribution in [2.45, 2.75) is 45.1 Å². The normalized spacial score (nSPS) is 21.6. The lowest BCUT2D eigenvalue weighted by Crippen LogP contribution is -2.39. The molecular formula is C16H22Cl2N2O3. The number of amides is 1. The van der Waals surface area contributed by atoms with Gasteiger partial charge in [-0.25, -0.2) is 4.79 Å². The zero-order valence-corrected chi connectivity index (χ0v) is 15.0. The molecule has 2 unspecified atom stereocenters. The van der Waals surface area contributed by atoms with Gasteiger partial charge in [0.1, 0.15) is 5.60 Å². The first-order chi connectivity index (χ1) is 10.7. The van der Waals surface area contributed by atoms with Gasteiger partial charge in [-0.1, -0.05) is 29.3 Å². The van der Waals surface area contributed by atoms with Crippen LogP contribution in [0, 0.1) is 0 Å². The second-order valence-electron chi connectivity index (χ2n) is 6.68. The Bertz CT molecular complexity index is 575. The molecule has 5 nitrogen and oxygen atoms in total. The van der Waals surface area contributed by atoms with Gasteiger partial charge >= 0.3 is 6.09 Å². The number of benzene rings is 1. The summed E-state index contributed by atoms with van der Waals surface area (Å²) in [7, 11) is 0. The van der Waals surface area contributed by atoms with E-state index in [-0.39, 0.29) is 12.6 Å². The summed E-state index contributed by atoms with van der Waals surface area (Å²) in [6, 6.07) is 5.06. The highest BCUT2D eigenvalue weighted by molar-refractivity contribution is 6.35. The Hall–Kier alpha value is -1.01. The zero-order chi connectivity index (χ0) is 17.2. The summed E-state index contributed by atoms with van der Waals surface area (Å²) >= 11 is 12.0. The van der Waals surface area contributed by atoms with Crippen LogP contribution in [0.15, 0.2) is 18.2 Å². The zero-order valence-electron chi connectivity index (χ0n) is 13.5. The lowest BCUT2D eigenvalue weighted by molar-refractivity contribution is 0.0270. The van der Waals surface area contributed by atoms with Crippen LogP contribution in [0.1, 0.15) is 26.3 Å². The molecule has 2 atom stereocenters. The molecule has 0 aliphatic carbocycles. The van der Waals surface area contributed by atoms with Crippen molar-refractivity contribution in [2.75, 3.05) is 13.1 Å². The summed E-state index contributed by atoms with van der Waals surface area (Å²) in [6.45, 7) is 6.57. The molecule has 1 aliphatic rings. The number of β-amino-alcohol motifs (C(OH)–C–C–N with tert-alkyl or cyclic N) is 1. The topological polar surface area (TPSA) is 61.8 Å². The third kappa shape index (κ3) is 5.24. The predicted octanol–water partition coefficient (Wildman–Crippen LogP) is 3.06. The third-order valence-electron chi connectivity index (χ3n) is 3.51. The van der Waals surface area contributed by atoms with Crippen LogP contribution in [0.4, 0.5) is 4.79 Å². The van der Waals surface area contributed by atoms with E-state index in [2.05, 4.69) is 5.32 Å². The number of hydrogen-bond acceptors (Lipinski definition) is 4. The minimum atomic E-state index is -0.645. The first-order valence-electron chi connectivity index (χ1n) is 7.49. The molecule has 0 saturated carbocycles.